The zero-order valence-corrected chi connectivity index (χ0v) is 13.0. The molecule has 0 saturated carbocycles. The lowest BCUT2D eigenvalue weighted by molar-refractivity contribution is 0.195. The van der Waals surface area contributed by atoms with E-state index in [4.69, 9.17) is 17.0 Å². The Bertz CT molecular complexity index is 431. The van der Waals surface area contributed by atoms with Crippen molar-refractivity contribution < 1.29 is 4.74 Å². The number of hydrogen-bond acceptors (Lipinski definition) is 4. The summed E-state index contributed by atoms with van der Waals surface area (Å²) >= 11 is 5.09. The molecular formula is C14H22N4OS. The molecule has 2 N–H and O–H groups in total. The Labute approximate surface area is 126 Å². The highest BCUT2D eigenvalue weighted by Crippen LogP contribution is 2.10. The van der Waals surface area contributed by atoms with E-state index in [1.807, 2.05) is 38.4 Å². The van der Waals surface area contributed by atoms with Gasteiger partial charge in [0.25, 0.3) is 0 Å². The smallest absolute Gasteiger partial charge is 0.186 e. The van der Waals surface area contributed by atoms with Gasteiger partial charge < -0.3 is 15.0 Å². The third-order valence-corrected chi connectivity index (χ3v) is 2.84. The minimum Gasteiger partial charge on any atom is -0.385 e. The first-order valence-electron chi connectivity index (χ1n) is 6.46. The topological polar surface area (TPSA) is 48.9 Å². The van der Waals surface area contributed by atoms with E-state index in [1.54, 1.807) is 13.3 Å². The van der Waals surface area contributed by atoms with Crippen LogP contribution in [0.1, 0.15) is 12.0 Å². The molecule has 0 saturated heterocycles. The Kier molecular flexibility index (Phi) is 7.60. The summed E-state index contributed by atoms with van der Waals surface area (Å²) in [5, 5.41) is 7.66. The quantitative estimate of drug-likeness (QED) is 0.346. The first-order valence-corrected chi connectivity index (χ1v) is 6.87. The minimum absolute atomic E-state index is 0.516. The van der Waals surface area contributed by atoms with E-state index in [1.165, 1.54) is 0 Å². The second-order valence-electron chi connectivity index (χ2n) is 4.46. The van der Waals surface area contributed by atoms with Crippen molar-refractivity contribution in [1.82, 2.24) is 10.7 Å². The third-order valence-electron chi connectivity index (χ3n) is 2.60. The fourth-order valence-corrected chi connectivity index (χ4v) is 1.64. The van der Waals surface area contributed by atoms with Gasteiger partial charge in [-0.3, -0.25) is 5.43 Å². The van der Waals surface area contributed by atoms with E-state index in [2.05, 4.69) is 20.7 Å². The van der Waals surface area contributed by atoms with Crippen LogP contribution in [0.5, 0.6) is 0 Å². The third kappa shape index (κ3) is 6.49. The summed E-state index contributed by atoms with van der Waals surface area (Å²) in [5.41, 5.74) is 4.96. The Morgan fingerprint density at radius 1 is 1.35 bits per heavy atom. The zero-order chi connectivity index (χ0) is 14.8. The highest BCUT2D eigenvalue weighted by Gasteiger charge is 1.95. The summed E-state index contributed by atoms with van der Waals surface area (Å²) in [7, 11) is 5.71. The maximum atomic E-state index is 5.09. The molecule has 0 bridgehead atoms. The summed E-state index contributed by atoms with van der Waals surface area (Å²) in [6, 6.07) is 8.11. The van der Waals surface area contributed by atoms with Crippen molar-refractivity contribution in [3.05, 3.63) is 29.8 Å². The first kappa shape index (κ1) is 16.4. The number of thiocarbonyl (C=S) groups is 1. The van der Waals surface area contributed by atoms with Crippen LogP contribution in [0.2, 0.25) is 0 Å². The molecule has 0 fully saturated rings. The number of nitrogens with zero attached hydrogens (tertiary/aromatic N) is 2. The van der Waals surface area contributed by atoms with Gasteiger partial charge in [0.05, 0.1) is 6.21 Å². The van der Waals surface area contributed by atoms with Crippen LogP contribution in [0.4, 0.5) is 5.69 Å². The van der Waals surface area contributed by atoms with Crippen LogP contribution in [0.3, 0.4) is 0 Å². The molecule has 6 heteroatoms. The molecule has 20 heavy (non-hydrogen) atoms. The molecule has 0 aliphatic rings. The number of ether oxygens (including phenoxy) is 1. The monoisotopic (exact) mass is 294 g/mol. The number of hydrazone groups is 1. The lowest BCUT2D eigenvalue weighted by Crippen LogP contribution is -2.33. The molecule has 0 aliphatic carbocycles. The Morgan fingerprint density at radius 2 is 2.05 bits per heavy atom. The van der Waals surface area contributed by atoms with Crippen LogP contribution in [0, 0.1) is 0 Å². The lowest BCUT2D eigenvalue weighted by Gasteiger charge is -2.11. The molecule has 0 aliphatic heterocycles. The van der Waals surface area contributed by atoms with Crippen LogP contribution in [-0.4, -0.2) is 45.7 Å². The maximum absolute atomic E-state index is 5.09. The molecule has 0 atom stereocenters. The maximum Gasteiger partial charge on any atom is 0.186 e. The van der Waals surface area contributed by atoms with Crippen molar-refractivity contribution in [2.75, 3.05) is 39.3 Å². The molecule has 1 aromatic rings. The average molecular weight is 294 g/mol. The van der Waals surface area contributed by atoms with Crippen LogP contribution < -0.4 is 15.6 Å². The van der Waals surface area contributed by atoms with Gasteiger partial charge in [0.15, 0.2) is 5.11 Å². The van der Waals surface area contributed by atoms with Gasteiger partial charge in [-0.1, -0.05) is 12.1 Å². The molecular weight excluding hydrogens is 272 g/mol. The van der Waals surface area contributed by atoms with E-state index in [9.17, 15) is 0 Å². The second kappa shape index (κ2) is 9.28. The largest absolute Gasteiger partial charge is 0.385 e. The van der Waals surface area contributed by atoms with Gasteiger partial charge in [-0.2, -0.15) is 5.10 Å². The molecule has 1 rings (SSSR count). The van der Waals surface area contributed by atoms with Gasteiger partial charge >= 0.3 is 0 Å². The molecule has 0 spiro atoms. The highest BCUT2D eigenvalue weighted by atomic mass is 32.1. The van der Waals surface area contributed by atoms with Crippen LogP contribution in [-0.2, 0) is 4.74 Å². The first-order chi connectivity index (χ1) is 9.63. The number of rotatable bonds is 7. The molecule has 0 amide bonds. The standard InChI is InChI=1S/C14H22N4OS/c1-18(2)13-7-5-12(6-8-13)11-16-17-14(20)15-9-4-10-19-3/h5-8,11H,4,9-10H2,1-3H3,(H2,15,17,20). The number of benzene rings is 1. The van der Waals surface area contributed by atoms with E-state index < -0.39 is 0 Å². The summed E-state index contributed by atoms with van der Waals surface area (Å²) in [6.45, 7) is 1.49. The molecule has 0 aromatic heterocycles. The van der Waals surface area contributed by atoms with Crippen molar-refractivity contribution in [3.8, 4) is 0 Å². The van der Waals surface area contributed by atoms with Crippen LogP contribution >= 0.6 is 12.2 Å². The second-order valence-corrected chi connectivity index (χ2v) is 4.87. The van der Waals surface area contributed by atoms with Gasteiger partial charge in [0.2, 0.25) is 0 Å². The molecule has 0 heterocycles. The Balaban J connectivity index is 2.31. The van der Waals surface area contributed by atoms with E-state index >= 15 is 0 Å². The number of anilines is 1. The van der Waals surface area contributed by atoms with Gasteiger partial charge in [0.1, 0.15) is 0 Å². The van der Waals surface area contributed by atoms with Crippen molar-refractivity contribution in [2.45, 2.75) is 6.42 Å². The normalized spacial score (nSPS) is 10.6. The van der Waals surface area contributed by atoms with Crippen molar-refractivity contribution in [1.29, 1.82) is 0 Å². The average Bonchev–Trinajstić information content (AvgIpc) is 2.44. The van der Waals surface area contributed by atoms with E-state index in [0.717, 1.165) is 30.8 Å². The predicted octanol–water partition coefficient (Wildman–Crippen LogP) is 1.59. The van der Waals surface area contributed by atoms with Crippen molar-refractivity contribution >= 4 is 29.2 Å². The van der Waals surface area contributed by atoms with Gasteiger partial charge in [-0.05, 0) is 36.3 Å². The zero-order valence-electron chi connectivity index (χ0n) is 12.2. The van der Waals surface area contributed by atoms with Crippen LogP contribution in [0.25, 0.3) is 0 Å². The van der Waals surface area contributed by atoms with Gasteiger partial charge in [-0.15, -0.1) is 0 Å². The summed E-state index contributed by atoms with van der Waals surface area (Å²) in [6.07, 6.45) is 2.65. The lowest BCUT2D eigenvalue weighted by atomic mass is 10.2. The van der Waals surface area contributed by atoms with E-state index in [0.29, 0.717) is 5.11 Å². The minimum atomic E-state index is 0.516. The summed E-state index contributed by atoms with van der Waals surface area (Å²) < 4.78 is 4.95. The van der Waals surface area contributed by atoms with Gasteiger partial charge in [0, 0.05) is 40.0 Å². The fourth-order valence-electron chi connectivity index (χ4n) is 1.48. The summed E-state index contributed by atoms with van der Waals surface area (Å²) in [4.78, 5) is 2.05. The van der Waals surface area contributed by atoms with Crippen molar-refractivity contribution in [2.24, 2.45) is 5.10 Å². The van der Waals surface area contributed by atoms with Crippen molar-refractivity contribution in [3.63, 3.8) is 0 Å². The molecule has 0 unspecified atom stereocenters. The fraction of sp³-hybridized carbons (Fsp3) is 0.429. The number of nitrogens with one attached hydrogen (secondary N) is 2. The highest BCUT2D eigenvalue weighted by molar-refractivity contribution is 7.80. The Morgan fingerprint density at radius 3 is 2.65 bits per heavy atom. The molecule has 1 aromatic carbocycles. The Hall–Kier alpha value is -1.66. The number of hydrogen-bond donors (Lipinski definition) is 2. The van der Waals surface area contributed by atoms with Crippen LogP contribution in [0.15, 0.2) is 29.4 Å². The summed E-state index contributed by atoms with van der Waals surface area (Å²) in [5.74, 6) is 0. The predicted molar refractivity (Wildman–Crippen MR) is 88.6 cm³/mol. The number of methoxy groups -OCH3 is 1. The van der Waals surface area contributed by atoms with Gasteiger partial charge in [-0.25, -0.2) is 0 Å². The molecule has 110 valence electrons. The molecule has 0 radical (unpaired) electrons. The molecule has 5 nitrogen and oxygen atoms in total. The SMILES string of the molecule is COCCCNC(=S)NN=Cc1ccc(N(C)C)cc1. The van der Waals surface area contributed by atoms with E-state index in [-0.39, 0.29) is 0 Å².